The van der Waals surface area contributed by atoms with Crippen molar-refractivity contribution in [1.82, 2.24) is 103 Å². The summed E-state index contributed by atoms with van der Waals surface area (Å²) < 4.78 is 8.90. The molecule has 1 aliphatic rings. The van der Waals surface area contributed by atoms with Crippen LogP contribution in [0.2, 0.25) is 5.15 Å². The average Bonchev–Trinajstić information content (AvgIpc) is 1.65. The molecule has 14 heterocycles. The molecule has 1 unspecified atom stereocenters. The minimum absolute atomic E-state index is 0.295. The van der Waals surface area contributed by atoms with Crippen molar-refractivity contribution in [2.24, 2.45) is 0 Å². The molecule has 13 aromatic heterocycles. The second kappa shape index (κ2) is 30.3. The van der Waals surface area contributed by atoms with Gasteiger partial charge in [-0.15, -0.1) is 0 Å². The van der Waals surface area contributed by atoms with Crippen LogP contribution in [0.1, 0.15) is 25.3 Å². The summed E-state index contributed by atoms with van der Waals surface area (Å²) in [4.78, 5) is 70.6. The maximum atomic E-state index is 9.30. The summed E-state index contributed by atoms with van der Waals surface area (Å²) in [5.41, 5.74) is 45.3. The minimum atomic E-state index is 0.295. The largest absolute Gasteiger partial charge is 0.369 e. The fourth-order valence-corrected chi connectivity index (χ4v) is 12.7. The highest BCUT2D eigenvalue weighted by molar-refractivity contribution is 6.29. The molecule has 0 aliphatic carbocycles. The number of para-hydroxylation sites is 4. The summed E-state index contributed by atoms with van der Waals surface area (Å²) in [6, 6.07) is 62.3. The van der Waals surface area contributed by atoms with Crippen LogP contribution in [0.4, 0.5) is 35.6 Å². The van der Waals surface area contributed by atoms with Gasteiger partial charge >= 0.3 is 0 Å². The lowest BCUT2D eigenvalue weighted by Crippen LogP contribution is -2.27. The zero-order valence-corrected chi connectivity index (χ0v) is 57.8. The second-order valence-corrected chi connectivity index (χ2v) is 24.6. The van der Waals surface area contributed by atoms with Crippen molar-refractivity contribution in [2.75, 3.05) is 40.1 Å². The van der Waals surface area contributed by atoms with Gasteiger partial charge < -0.3 is 33.6 Å². The zero-order valence-electron chi connectivity index (χ0n) is 57.1. The van der Waals surface area contributed by atoms with Crippen molar-refractivity contribution in [3.05, 3.63) is 273 Å². The summed E-state index contributed by atoms with van der Waals surface area (Å²) in [6.07, 6.45) is 22.8. The molecule has 29 heteroatoms. The number of pyridine rings is 5. The van der Waals surface area contributed by atoms with Crippen molar-refractivity contribution in [2.45, 2.75) is 25.8 Å². The van der Waals surface area contributed by atoms with Gasteiger partial charge in [-0.25, -0.2) is 69.4 Å². The molecule has 0 radical (unpaired) electrons. The van der Waals surface area contributed by atoms with Crippen LogP contribution < -0.4 is 33.6 Å². The van der Waals surface area contributed by atoms with Crippen LogP contribution in [0, 0.1) is 11.3 Å². The predicted molar refractivity (Wildman–Crippen MR) is 415 cm³/mol. The first-order valence-electron chi connectivity index (χ1n) is 33.5. The number of imidazole rings is 5. The third-order valence-corrected chi connectivity index (χ3v) is 17.7. The van der Waals surface area contributed by atoms with Crippen molar-refractivity contribution >= 4 is 102 Å². The third kappa shape index (κ3) is 14.2. The normalized spacial score (nSPS) is 12.3. The first-order chi connectivity index (χ1) is 52.4. The van der Waals surface area contributed by atoms with Gasteiger partial charge in [-0.1, -0.05) is 78.3 Å². The van der Waals surface area contributed by atoms with E-state index < -0.39 is 0 Å². The number of nitrogens with two attached hydrogens (primary N) is 5. The van der Waals surface area contributed by atoms with Crippen LogP contribution in [-0.2, 0) is 0 Å². The van der Waals surface area contributed by atoms with E-state index in [2.05, 4.69) is 97.6 Å². The first-order valence-corrected chi connectivity index (χ1v) is 33.9. The summed E-state index contributed by atoms with van der Waals surface area (Å²) in [6.45, 7) is 3.27. The van der Waals surface area contributed by atoms with E-state index in [1.807, 2.05) is 185 Å². The summed E-state index contributed by atoms with van der Waals surface area (Å²) in [5.74, 6) is 5.98. The Labute approximate surface area is 614 Å². The number of aromatic nitrogens is 21. The highest BCUT2D eigenvalue weighted by Gasteiger charge is 2.24. The van der Waals surface area contributed by atoms with Crippen LogP contribution in [0.5, 0.6) is 0 Å². The van der Waals surface area contributed by atoms with Crippen molar-refractivity contribution in [3.63, 3.8) is 0 Å². The lowest BCUT2D eigenvalue weighted by Gasteiger charge is -2.22. The molecule has 1 fully saturated rings. The number of benzene rings is 5. The molecule has 1 saturated heterocycles. The SMILES string of the molecule is CC1CCCN1c1cc(-n2c(N)nc3ccccc32)ncn1.N#Cc1cccnc1-n1c(N)nc2cc(-c3cccnc3)ccc21.Nc1nc2cc(-c3cccnc3)ccc2n1-c1ccccn1.Nc1nc2cc(-c3cccnc3)ccc2n1-c1ncccn1.Nc1nc2ccccc2n1-c1cc(Cl)ncn1. The van der Waals surface area contributed by atoms with Gasteiger partial charge in [0.25, 0.3) is 0 Å². The second-order valence-electron chi connectivity index (χ2n) is 24.2. The smallest absolute Gasteiger partial charge is 0.236 e. The van der Waals surface area contributed by atoms with Crippen LogP contribution in [0.3, 0.4) is 0 Å². The molecule has 0 bridgehead atoms. The van der Waals surface area contributed by atoms with Crippen LogP contribution in [-0.4, -0.2) is 115 Å². The number of hydrogen-bond donors (Lipinski definition) is 5. The lowest BCUT2D eigenvalue weighted by atomic mass is 10.1. The Kier molecular flexibility index (Phi) is 19.2. The molecule has 1 aliphatic heterocycles. The van der Waals surface area contributed by atoms with E-state index in [1.165, 1.54) is 19.2 Å². The number of nitrogens with zero attached hydrogens (tertiary/aromatic N) is 23. The topological polar surface area (TPSA) is 388 Å². The van der Waals surface area contributed by atoms with Gasteiger partial charge in [0.1, 0.15) is 47.1 Å². The Morgan fingerprint density at radius 2 is 0.813 bits per heavy atom. The molecule has 28 nitrogen and oxygen atoms in total. The maximum absolute atomic E-state index is 9.30. The minimum Gasteiger partial charge on any atom is -0.369 e. The highest BCUT2D eigenvalue weighted by Crippen LogP contribution is 2.33. The Balaban J connectivity index is 0.000000107. The predicted octanol–water partition coefficient (Wildman–Crippen LogP) is 12.9. The van der Waals surface area contributed by atoms with Crippen LogP contribution in [0.25, 0.3) is 118 Å². The van der Waals surface area contributed by atoms with E-state index in [0.29, 0.717) is 64.1 Å². The van der Waals surface area contributed by atoms with Gasteiger partial charge in [0.15, 0.2) is 5.82 Å². The standard InChI is InChI=1S/C18H12N6.C17H13N5.C16H18N6.C16H12N6.C11H8ClN5/c19-10-13-3-2-8-22-17(13)24-16-6-5-12(9-15(16)23-18(24)20)14-4-1-7-21-11-14;18-17-21-14-10-12(13-4-3-8-19-11-13)6-7-15(14)22(17)16-5-1-2-9-20-16;1-11-5-4-8-21(11)14-9-15(19-10-18-14)22-13-7-3-2-6-12(13)20-16(22)17;17-15-21-13-9-11(12-3-1-6-18-10-12)4-5-14(13)22(15)16-19-7-2-8-20-16;12-9-5-10(15-6-14-9)17-8-4-2-1-3-7(8)16-11(17)13/h1-9,11H,(H2,20,23);1-11H,(H2,18,21);2-3,6-7,9-11H,4-5,8H2,1H3,(H2,17,20);1-10H,(H2,17,21);1-6H,(H2,13,16). The van der Waals surface area contributed by atoms with Gasteiger partial charge in [-0.2, -0.15) is 5.26 Å². The Morgan fingerprint density at radius 3 is 1.32 bits per heavy atom. The van der Waals surface area contributed by atoms with Crippen LogP contribution >= 0.6 is 11.6 Å². The molecule has 1 atom stereocenters. The third-order valence-electron chi connectivity index (χ3n) is 17.5. The number of halogens is 1. The Hall–Kier alpha value is -15.0. The molecule has 0 spiro atoms. The number of nitrogen functional groups attached to an aromatic ring is 5. The molecular formula is C78H63ClN28. The molecule has 19 rings (SSSR count). The van der Waals surface area contributed by atoms with E-state index in [0.717, 1.165) is 113 Å². The number of fused-ring (bicyclic) bond motifs is 5. The van der Waals surface area contributed by atoms with Gasteiger partial charge in [-0.05, 0) is 146 Å². The number of hydrogen-bond acceptors (Lipinski definition) is 23. The van der Waals surface area contributed by atoms with E-state index in [9.17, 15) is 5.26 Å². The van der Waals surface area contributed by atoms with Crippen molar-refractivity contribution in [3.8, 4) is 68.7 Å². The molecule has 522 valence electrons. The van der Waals surface area contributed by atoms with Gasteiger partial charge in [-0.3, -0.25) is 33.2 Å². The maximum Gasteiger partial charge on any atom is 0.236 e. The van der Waals surface area contributed by atoms with E-state index in [4.69, 9.17) is 40.3 Å². The highest BCUT2D eigenvalue weighted by atomic mass is 35.5. The van der Waals surface area contributed by atoms with Gasteiger partial charge in [0, 0.05) is 103 Å². The van der Waals surface area contributed by atoms with E-state index in [-0.39, 0.29) is 0 Å². The van der Waals surface area contributed by atoms with Crippen molar-refractivity contribution in [1.29, 1.82) is 5.26 Å². The molecule has 18 aromatic rings. The molecule has 0 saturated carbocycles. The number of anilines is 6. The quantitative estimate of drug-likeness (QED) is 0.0838. The lowest BCUT2D eigenvalue weighted by molar-refractivity contribution is 0.725. The van der Waals surface area contributed by atoms with Gasteiger partial charge in [0.05, 0.1) is 60.7 Å². The average molecular weight is 1430 g/mol. The van der Waals surface area contributed by atoms with Crippen molar-refractivity contribution < 1.29 is 0 Å². The first kappa shape index (κ1) is 67.8. The number of rotatable bonds is 9. The van der Waals surface area contributed by atoms with Crippen LogP contribution in [0.15, 0.2) is 263 Å². The molecule has 0 amide bonds. The zero-order chi connectivity index (χ0) is 73.3. The van der Waals surface area contributed by atoms with E-state index >= 15 is 0 Å². The Morgan fingerprint density at radius 1 is 0.374 bits per heavy atom. The monoisotopic (exact) mass is 1430 g/mol. The molecule has 10 N–H and O–H groups in total. The summed E-state index contributed by atoms with van der Waals surface area (Å²) in [7, 11) is 0. The van der Waals surface area contributed by atoms with E-state index in [1.54, 1.807) is 93.9 Å². The molecule has 107 heavy (non-hydrogen) atoms. The Bertz CT molecular complexity index is 6040. The fraction of sp³-hybridized carbons (Fsp3) is 0.0641. The molecular weight excluding hydrogens is 1360 g/mol. The summed E-state index contributed by atoms with van der Waals surface area (Å²) in [5, 5.41) is 9.67. The number of nitriles is 1. The fourth-order valence-electron chi connectivity index (χ4n) is 12.6. The summed E-state index contributed by atoms with van der Waals surface area (Å²) >= 11 is 5.84. The van der Waals surface area contributed by atoms with Gasteiger partial charge in [0.2, 0.25) is 35.7 Å². The molecule has 5 aromatic carbocycles.